The number of ether oxygens (including phenoxy) is 1. The zero-order valence-corrected chi connectivity index (χ0v) is 23.1. The summed E-state index contributed by atoms with van der Waals surface area (Å²) in [7, 11) is -0.463. The van der Waals surface area contributed by atoms with Crippen LogP contribution in [0.4, 0.5) is 0 Å². The van der Waals surface area contributed by atoms with Gasteiger partial charge in [0.1, 0.15) is 11.5 Å². The van der Waals surface area contributed by atoms with Crippen molar-refractivity contribution in [2.24, 2.45) is 0 Å². The lowest BCUT2D eigenvalue weighted by molar-refractivity contribution is 0.00578. The number of rotatable bonds is 2. The Kier molecular flexibility index (Phi) is 4.87. The fraction of sp³-hybridized carbons (Fsp3) is 0.167. The van der Waals surface area contributed by atoms with E-state index in [1.54, 1.807) is 0 Å². The van der Waals surface area contributed by atoms with Gasteiger partial charge in [-0.3, -0.25) is 0 Å². The number of hydrogen-bond acceptors (Lipinski definition) is 3. The van der Waals surface area contributed by atoms with Gasteiger partial charge in [0, 0.05) is 10.9 Å². The van der Waals surface area contributed by atoms with Gasteiger partial charge in [-0.1, -0.05) is 91.0 Å². The highest BCUT2D eigenvalue weighted by atomic mass is 16.7. The molecular formula is C36H29BO3. The standard InChI is InChI=1S/C36H29BO3/c1-35(2)36(3,4)40-37(39-35)34-28-15-7-5-13-24(28)32(25-14-6-8-16-29(25)34)27-21-20-26-22-12-9-10-18-30(22)38-31-19-11-17-23(27)33(26)31/h5-21H,1-4H3. The largest absolute Gasteiger partial charge is 0.496 e. The number of hydrogen-bond donors (Lipinski definition) is 0. The Balaban J connectivity index is 1.46. The Hall–Kier alpha value is -4.12. The van der Waals surface area contributed by atoms with Crippen molar-refractivity contribution < 1.29 is 14.0 Å². The van der Waals surface area contributed by atoms with Crippen LogP contribution in [0.15, 0.2) is 103 Å². The fourth-order valence-electron chi connectivity index (χ4n) is 6.46. The molecule has 2 heterocycles. The van der Waals surface area contributed by atoms with Crippen molar-refractivity contribution in [1.29, 1.82) is 0 Å². The third-order valence-electron chi connectivity index (χ3n) is 9.13. The van der Waals surface area contributed by atoms with Gasteiger partial charge in [0.05, 0.1) is 11.2 Å². The Morgan fingerprint density at radius 2 is 1.00 bits per heavy atom. The van der Waals surface area contributed by atoms with Gasteiger partial charge in [-0.15, -0.1) is 0 Å². The third-order valence-corrected chi connectivity index (χ3v) is 9.13. The van der Waals surface area contributed by atoms with E-state index in [2.05, 4.69) is 119 Å². The van der Waals surface area contributed by atoms with E-state index >= 15 is 0 Å². The zero-order valence-electron chi connectivity index (χ0n) is 23.1. The van der Waals surface area contributed by atoms with Crippen LogP contribution in [0, 0.1) is 0 Å². The molecule has 0 saturated carbocycles. The minimum atomic E-state index is -0.463. The van der Waals surface area contributed by atoms with Gasteiger partial charge in [-0.25, -0.2) is 0 Å². The number of para-hydroxylation sites is 1. The minimum absolute atomic E-state index is 0.426. The highest BCUT2D eigenvalue weighted by Gasteiger charge is 2.52. The second-order valence-corrected chi connectivity index (χ2v) is 11.9. The smallest absolute Gasteiger partial charge is 0.456 e. The lowest BCUT2D eigenvalue weighted by Gasteiger charge is -2.32. The topological polar surface area (TPSA) is 27.7 Å². The first-order valence-electron chi connectivity index (χ1n) is 14.0. The van der Waals surface area contributed by atoms with Crippen LogP contribution in [0.2, 0.25) is 0 Å². The first-order valence-corrected chi connectivity index (χ1v) is 14.0. The summed E-state index contributed by atoms with van der Waals surface area (Å²) in [6, 6.07) is 36.6. The molecule has 0 aliphatic carbocycles. The van der Waals surface area contributed by atoms with Crippen LogP contribution in [0.25, 0.3) is 54.6 Å². The molecule has 1 fully saturated rings. The molecule has 0 aromatic heterocycles. The van der Waals surface area contributed by atoms with E-state index in [9.17, 15) is 0 Å². The van der Waals surface area contributed by atoms with Crippen LogP contribution in [0.5, 0.6) is 11.5 Å². The van der Waals surface area contributed by atoms with Gasteiger partial charge in [0.15, 0.2) is 0 Å². The fourth-order valence-corrected chi connectivity index (χ4v) is 6.46. The summed E-state index contributed by atoms with van der Waals surface area (Å²) in [5.41, 5.74) is 4.98. The number of fused-ring (bicyclic) bond motifs is 4. The third kappa shape index (κ3) is 3.21. The van der Waals surface area contributed by atoms with Crippen molar-refractivity contribution in [1.82, 2.24) is 0 Å². The normalized spacial score (nSPS) is 16.9. The Morgan fingerprint density at radius 3 is 1.68 bits per heavy atom. The molecule has 0 amide bonds. The van der Waals surface area contributed by atoms with Gasteiger partial charge in [0.25, 0.3) is 0 Å². The molecule has 4 heteroatoms. The molecule has 6 aromatic carbocycles. The molecule has 194 valence electrons. The van der Waals surface area contributed by atoms with Crippen LogP contribution >= 0.6 is 0 Å². The first-order chi connectivity index (χ1) is 19.3. The van der Waals surface area contributed by atoms with E-state index in [1.165, 1.54) is 32.8 Å². The van der Waals surface area contributed by atoms with E-state index < -0.39 is 18.3 Å². The second kappa shape index (κ2) is 8.20. The van der Waals surface area contributed by atoms with Gasteiger partial charge in [-0.05, 0) is 88.9 Å². The highest BCUT2D eigenvalue weighted by molar-refractivity contribution is 6.69. The number of benzene rings is 6. The molecule has 2 aliphatic rings. The summed E-state index contributed by atoms with van der Waals surface area (Å²) in [6.45, 7) is 8.45. The predicted molar refractivity (Wildman–Crippen MR) is 166 cm³/mol. The van der Waals surface area contributed by atoms with E-state index in [1.807, 2.05) is 12.1 Å². The van der Waals surface area contributed by atoms with E-state index in [0.29, 0.717) is 0 Å². The van der Waals surface area contributed by atoms with E-state index in [0.717, 1.165) is 38.7 Å². The molecule has 0 radical (unpaired) electrons. The molecule has 0 spiro atoms. The van der Waals surface area contributed by atoms with Gasteiger partial charge < -0.3 is 14.0 Å². The summed E-state index contributed by atoms with van der Waals surface area (Å²) >= 11 is 0. The van der Waals surface area contributed by atoms with Gasteiger partial charge in [0.2, 0.25) is 0 Å². The maximum atomic E-state index is 6.63. The average molecular weight is 520 g/mol. The average Bonchev–Trinajstić information content (AvgIpc) is 3.18. The van der Waals surface area contributed by atoms with Crippen LogP contribution in [-0.2, 0) is 9.31 Å². The lowest BCUT2D eigenvalue weighted by Crippen LogP contribution is -2.41. The van der Waals surface area contributed by atoms with Crippen molar-refractivity contribution in [3.63, 3.8) is 0 Å². The minimum Gasteiger partial charge on any atom is -0.456 e. The summed E-state index contributed by atoms with van der Waals surface area (Å²) in [5, 5.41) is 7.01. The van der Waals surface area contributed by atoms with Gasteiger partial charge in [-0.2, -0.15) is 0 Å². The van der Waals surface area contributed by atoms with Crippen LogP contribution < -0.4 is 10.2 Å². The van der Waals surface area contributed by atoms with E-state index in [-0.39, 0.29) is 0 Å². The molecular weight excluding hydrogens is 491 g/mol. The van der Waals surface area contributed by atoms with Crippen LogP contribution in [0.3, 0.4) is 0 Å². The van der Waals surface area contributed by atoms with Crippen molar-refractivity contribution in [2.75, 3.05) is 0 Å². The van der Waals surface area contributed by atoms with Gasteiger partial charge >= 0.3 is 7.12 Å². The highest BCUT2D eigenvalue weighted by Crippen LogP contribution is 2.50. The molecule has 6 aromatic rings. The van der Waals surface area contributed by atoms with E-state index in [4.69, 9.17) is 14.0 Å². The maximum Gasteiger partial charge on any atom is 0.496 e. The summed E-state index contributed by atoms with van der Waals surface area (Å²) < 4.78 is 19.7. The monoisotopic (exact) mass is 520 g/mol. The summed E-state index contributed by atoms with van der Waals surface area (Å²) in [5.74, 6) is 1.80. The molecule has 0 unspecified atom stereocenters. The predicted octanol–water partition coefficient (Wildman–Crippen LogP) is 8.89. The molecule has 3 nitrogen and oxygen atoms in total. The zero-order chi connectivity index (χ0) is 27.2. The second-order valence-electron chi connectivity index (χ2n) is 11.9. The Morgan fingerprint density at radius 1 is 0.475 bits per heavy atom. The Bertz CT molecular complexity index is 1930. The van der Waals surface area contributed by atoms with Crippen LogP contribution in [0.1, 0.15) is 27.7 Å². The Labute approximate surface area is 234 Å². The summed E-state index contributed by atoms with van der Waals surface area (Å²) in [6.07, 6.45) is 0. The summed E-state index contributed by atoms with van der Waals surface area (Å²) in [4.78, 5) is 0. The molecule has 2 aliphatic heterocycles. The van der Waals surface area contributed by atoms with Crippen LogP contribution in [-0.4, -0.2) is 18.3 Å². The quantitative estimate of drug-likeness (QED) is 0.168. The molecule has 0 bridgehead atoms. The lowest BCUT2D eigenvalue weighted by atomic mass is 9.71. The maximum absolute atomic E-state index is 6.63. The first kappa shape index (κ1) is 23.7. The molecule has 8 rings (SSSR count). The van der Waals surface area contributed by atoms with Crippen molar-refractivity contribution in [2.45, 2.75) is 38.9 Å². The van der Waals surface area contributed by atoms with Crippen molar-refractivity contribution >= 4 is 44.9 Å². The molecule has 0 atom stereocenters. The van der Waals surface area contributed by atoms with Crippen molar-refractivity contribution in [3.8, 4) is 33.8 Å². The molecule has 1 saturated heterocycles. The van der Waals surface area contributed by atoms with Crippen molar-refractivity contribution in [3.05, 3.63) is 103 Å². The SMILES string of the molecule is CC1(C)OB(c2c3ccccc3c(-c3ccc4c5c(cccc35)Oc3ccccc3-4)c3ccccc23)OC1(C)C. The molecule has 0 N–H and O–H groups in total. The molecule has 40 heavy (non-hydrogen) atoms.